The Kier molecular flexibility index (Phi) is 4.40. The van der Waals surface area contributed by atoms with Crippen LogP contribution in [0, 0.1) is 0 Å². The molecule has 7 heteroatoms. The number of aromatic nitrogens is 5. The van der Waals surface area contributed by atoms with E-state index in [1.54, 1.807) is 23.0 Å². The number of esters is 1. The first-order valence-corrected chi connectivity index (χ1v) is 9.44. The molecule has 0 atom stereocenters. The second kappa shape index (κ2) is 7.36. The van der Waals surface area contributed by atoms with Crippen LogP contribution in [0.1, 0.15) is 15.9 Å². The molecule has 2 aromatic carbocycles. The SMILES string of the molecule is COC(=O)c1ccc(-c2ccc3nnn(Cc4ccc5ncccc5c4)c3n2)cc1. The Balaban J connectivity index is 1.48. The van der Waals surface area contributed by atoms with E-state index in [-0.39, 0.29) is 5.97 Å². The molecule has 30 heavy (non-hydrogen) atoms. The lowest BCUT2D eigenvalue weighted by Crippen LogP contribution is -2.03. The number of pyridine rings is 2. The number of hydrogen-bond donors (Lipinski definition) is 0. The van der Waals surface area contributed by atoms with Crippen LogP contribution < -0.4 is 0 Å². The van der Waals surface area contributed by atoms with Crippen LogP contribution in [0.4, 0.5) is 0 Å². The van der Waals surface area contributed by atoms with Gasteiger partial charge in [0.25, 0.3) is 0 Å². The maximum atomic E-state index is 11.6. The average Bonchev–Trinajstić information content (AvgIpc) is 3.20. The Morgan fingerprint density at radius 1 is 1.00 bits per heavy atom. The van der Waals surface area contributed by atoms with Crippen molar-refractivity contribution in [3.63, 3.8) is 0 Å². The van der Waals surface area contributed by atoms with Gasteiger partial charge in [-0.2, -0.15) is 0 Å². The van der Waals surface area contributed by atoms with Crippen LogP contribution >= 0.6 is 0 Å². The van der Waals surface area contributed by atoms with Crippen molar-refractivity contribution in [2.45, 2.75) is 6.54 Å². The van der Waals surface area contributed by atoms with Crippen molar-refractivity contribution in [3.8, 4) is 11.3 Å². The number of nitrogens with zero attached hydrogens (tertiary/aromatic N) is 5. The molecule has 5 rings (SSSR count). The Morgan fingerprint density at radius 3 is 2.67 bits per heavy atom. The summed E-state index contributed by atoms with van der Waals surface area (Å²) < 4.78 is 6.54. The van der Waals surface area contributed by atoms with Crippen LogP contribution in [0.15, 0.2) is 72.9 Å². The highest BCUT2D eigenvalue weighted by Crippen LogP contribution is 2.22. The topological polar surface area (TPSA) is 82.8 Å². The summed E-state index contributed by atoms with van der Waals surface area (Å²) in [6.07, 6.45) is 1.79. The van der Waals surface area contributed by atoms with E-state index in [0.29, 0.717) is 17.8 Å². The molecule has 0 bridgehead atoms. The van der Waals surface area contributed by atoms with Gasteiger partial charge in [-0.1, -0.05) is 29.5 Å². The largest absolute Gasteiger partial charge is 0.465 e. The van der Waals surface area contributed by atoms with Gasteiger partial charge in [-0.3, -0.25) is 4.98 Å². The number of methoxy groups -OCH3 is 1. The second-order valence-corrected chi connectivity index (χ2v) is 6.89. The molecule has 0 unspecified atom stereocenters. The molecule has 0 amide bonds. The zero-order valence-corrected chi connectivity index (χ0v) is 16.2. The van der Waals surface area contributed by atoms with E-state index < -0.39 is 0 Å². The summed E-state index contributed by atoms with van der Waals surface area (Å²) in [7, 11) is 1.37. The molecule has 0 radical (unpaired) electrons. The van der Waals surface area contributed by atoms with Crippen LogP contribution in [0.5, 0.6) is 0 Å². The normalized spacial score (nSPS) is 11.1. The van der Waals surface area contributed by atoms with E-state index in [1.807, 2.05) is 48.5 Å². The molecule has 3 heterocycles. The van der Waals surface area contributed by atoms with E-state index >= 15 is 0 Å². The van der Waals surface area contributed by atoms with E-state index in [0.717, 1.165) is 33.2 Å². The van der Waals surface area contributed by atoms with Crippen molar-refractivity contribution < 1.29 is 9.53 Å². The summed E-state index contributed by atoms with van der Waals surface area (Å²) in [4.78, 5) is 20.8. The van der Waals surface area contributed by atoms with Crippen LogP contribution in [-0.2, 0) is 11.3 Å². The van der Waals surface area contributed by atoms with Crippen molar-refractivity contribution >= 4 is 28.0 Å². The molecule has 0 fully saturated rings. The minimum Gasteiger partial charge on any atom is -0.465 e. The highest BCUT2D eigenvalue weighted by molar-refractivity contribution is 5.90. The van der Waals surface area contributed by atoms with Gasteiger partial charge >= 0.3 is 5.97 Å². The minimum absolute atomic E-state index is 0.363. The molecule has 0 aliphatic heterocycles. The van der Waals surface area contributed by atoms with Crippen LogP contribution in [0.25, 0.3) is 33.3 Å². The zero-order chi connectivity index (χ0) is 20.5. The maximum absolute atomic E-state index is 11.6. The van der Waals surface area contributed by atoms with Crippen LogP contribution in [-0.4, -0.2) is 38.0 Å². The lowest BCUT2D eigenvalue weighted by molar-refractivity contribution is 0.0601. The molecule has 0 aliphatic carbocycles. The molecular weight excluding hydrogens is 378 g/mol. The summed E-state index contributed by atoms with van der Waals surface area (Å²) in [5.74, 6) is -0.363. The fourth-order valence-corrected chi connectivity index (χ4v) is 3.41. The summed E-state index contributed by atoms with van der Waals surface area (Å²) in [6.45, 7) is 0.555. The molecule has 3 aromatic heterocycles. The standard InChI is InChI=1S/C23H17N5O2/c1-30-23(29)17-7-5-16(6-8-17)20-10-11-21-22(25-20)28(27-26-21)14-15-4-9-19-18(13-15)3-2-12-24-19/h2-13H,14H2,1H3. The quantitative estimate of drug-likeness (QED) is 0.430. The lowest BCUT2D eigenvalue weighted by atomic mass is 10.1. The molecule has 0 aliphatic rings. The number of hydrogen-bond acceptors (Lipinski definition) is 6. The van der Waals surface area contributed by atoms with Gasteiger partial charge in [0.05, 0.1) is 30.4 Å². The Hall–Kier alpha value is -4.13. The highest BCUT2D eigenvalue weighted by Gasteiger charge is 2.11. The molecule has 7 nitrogen and oxygen atoms in total. The molecule has 0 spiro atoms. The van der Waals surface area contributed by atoms with Gasteiger partial charge in [0, 0.05) is 17.1 Å². The number of fused-ring (bicyclic) bond motifs is 2. The fourth-order valence-electron chi connectivity index (χ4n) is 3.41. The number of carbonyl (C=O) groups is 1. The molecule has 0 saturated heterocycles. The second-order valence-electron chi connectivity index (χ2n) is 6.89. The summed E-state index contributed by atoms with van der Waals surface area (Å²) in [5, 5.41) is 9.60. The van der Waals surface area contributed by atoms with Gasteiger partial charge in [0.1, 0.15) is 5.52 Å². The fraction of sp³-hybridized carbons (Fsp3) is 0.0870. The van der Waals surface area contributed by atoms with Gasteiger partial charge in [0.15, 0.2) is 5.65 Å². The highest BCUT2D eigenvalue weighted by atomic mass is 16.5. The third kappa shape index (κ3) is 3.26. The molecule has 0 saturated carbocycles. The first-order valence-electron chi connectivity index (χ1n) is 9.44. The zero-order valence-electron chi connectivity index (χ0n) is 16.2. The first-order chi connectivity index (χ1) is 14.7. The Bertz CT molecular complexity index is 1380. The van der Waals surface area contributed by atoms with Crippen molar-refractivity contribution in [1.82, 2.24) is 25.0 Å². The third-order valence-electron chi connectivity index (χ3n) is 4.96. The molecule has 146 valence electrons. The predicted molar refractivity (Wildman–Crippen MR) is 113 cm³/mol. The lowest BCUT2D eigenvalue weighted by Gasteiger charge is -2.06. The van der Waals surface area contributed by atoms with Gasteiger partial charge in [-0.15, -0.1) is 5.10 Å². The Labute approximate surface area is 172 Å². The van der Waals surface area contributed by atoms with Crippen molar-refractivity contribution in [1.29, 1.82) is 0 Å². The summed E-state index contributed by atoms with van der Waals surface area (Å²) >= 11 is 0. The molecule has 0 N–H and O–H groups in total. The van der Waals surface area contributed by atoms with Gasteiger partial charge in [-0.05, 0) is 48.0 Å². The van der Waals surface area contributed by atoms with Crippen molar-refractivity contribution in [2.24, 2.45) is 0 Å². The van der Waals surface area contributed by atoms with E-state index in [9.17, 15) is 4.79 Å². The molecular formula is C23H17N5O2. The maximum Gasteiger partial charge on any atom is 0.337 e. The molecule has 5 aromatic rings. The van der Waals surface area contributed by atoms with Crippen molar-refractivity contribution in [3.05, 3.63) is 84.1 Å². The Morgan fingerprint density at radius 2 is 1.83 bits per heavy atom. The minimum atomic E-state index is -0.363. The number of ether oxygens (including phenoxy) is 1. The van der Waals surface area contributed by atoms with Crippen molar-refractivity contribution in [2.75, 3.05) is 7.11 Å². The van der Waals surface area contributed by atoms with Gasteiger partial charge in [-0.25, -0.2) is 14.5 Å². The van der Waals surface area contributed by atoms with E-state index in [2.05, 4.69) is 21.4 Å². The van der Waals surface area contributed by atoms with Crippen LogP contribution in [0.2, 0.25) is 0 Å². The van der Waals surface area contributed by atoms with E-state index in [4.69, 9.17) is 9.72 Å². The monoisotopic (exact) mass is 395 g/mol. The predicted octanol–water partition coefficient (Wildman–Crippen LogP) is 3.88. The summed E-state index contributed by atoms with van der Waals surface area (Å²) in [5.41, 5.74) is 5.67. The number of rotatable bonds is 4. The first kappa shape index (κ1) is 17.9. The summed E-state index contributed by atoms with van der Waals surface area (Å²) in [6, 6.07) is 21.1. The smallest absolute Gasteiger partial charge is 0.337 e. The number of benzene rings is 2. The van der Waals surface area contributed by atoms with Gasteiger partial charge < -0.3 is 4.74 Å². The van der Waals surface area contributed by atoms with Gasteiger partial charge in [0.2, 0.25) is 0 Å². The third-order valence-corrected chi connectivity index (χ3v) is 4.96. The number of carbonyl (C=O) groups excluding carboxylic acids is 1. The van der Waals surface area contributed by atoms with E-state index in [1.165, 1.54) is 7.11 Å². The average molecular weight is 395 g/mol. The van der Waals surface area contributed by atoms with Crippen LogP contribution in [0.3, 0.4) is 0 Å².